The van der Waals surface area contributed by atoms with Crippen molar-refractivity contribution in [2.24, 2.45) is 11.8 Å². The lowest BCUT2D eigenvalue weighted by atomic mass is 9.64. The number of hydrogen-bond donors (Lipinski definition) is 1. The number of anilines is 1. The first-order chi connectivity index (χ1) is 18.1. The Morgan fingerprint density at radius 3 is 2.34 bits per heavy atom. The highest BCUT2D eigenvalue weighted by atomic mass is 16.5. The molecule has 3 aliphatic rings. The van der Waals surface area contributed by atoms with E-state index in [1.807, 2.05) is 51.1 Å². The summed E-state index contributed by atoms with van der Waals surface area (Å²) in [4.78, 5) is 47.8. The minimum absolute atomic E-state index is 0.130. The molecule has 2 bridgehead atoms. The molecule has 2 unspecified atom stereocenters. The highest BCUT2D eigenvalue weighted by Gasteiger charge is 2.79. The summed E-state index contributed by atoms with van der Waals surface area (Å²) < 4.78 is 6.86. The van der Waals surface area contributed by atoms with Crippen LogP contribution in [0.2, 0.25) is 0 Å². The van der Waals surface area contributed by atoms with Gasteiger partial charge >= 0.3 is 0 Å². The van der Waals surface area contributed by atoms with E-state index in [2.05, 4.69) is 13.2 Å². The van der Waals surface area contributed by atoms with Crippen molar-refractivity contribution >= 4 is 23.4 Å². The minimum Gasteiger partial charge on any atom is -0.394 e. The Labute approximate surface area is 225 Å². The summed E-state index contributed by atoms with van der Waals surface area (Å²) in [6.45, 7) is 15.5. The fraction of sp³-hybridized carbons (Fsp3) is 0.567. The number of likely N-dealkylation sites (tertiary alicyclic amines) is 1. The molecular weight excluding hydrogens is 482 g/mol. The van der Waals surface area contributed by atoms with Gasteiger partial charge in [0.1, 0.15) is 11.6 Å². The third-order valence-corrected chi connectivity index (χ3v) is 8.74. The fourth-order valence-electron chi connectivity index (χ4n) is 6.95. The van der Waals surface area contributed by atoms with Crippen LogP contribution < -0.4 is 4.90 Å². The summed E-state index contributed by atoms with van der Waals surface area (Å²) >= 11 is 0. The SMILES string of the molecule is C=CCN(C(=O)[C@H]1[C@H]2C(=O)N([C@H](C)CO)C(C(=O)N(CC=C)C(C)C)C23CC[C@]1(CC)O3)c1ccccc1. The van der Waals surface area contributed by atoms with Crippen LogP contribution in [-0.2, 0) is 19.1 Å². The first-order valence-electron chi connectivity index (χ1n) is 13.7. The number of benzene rings is 1. The van der Waals surface area contributed by atoms with Crippen molar-refractivity contribution in [2.45, 2.75) is 76.3 Å². The Hall–Kier alpha value is -2.97. The quantitative estimate of drug-likeness (QED) is 0.450. The lowest BCUT2D eigenvalue weighted by Gasteiger charge is -2.39. The van der Waals surface area contributed by atoms with Gasteiger partial charge in [0.2, 0.25) is 17.7 Å². The monoisotopic (exact) mass is 523 g/mol. The minimum atomic E-state index is -1.14. The van der Waals surface area contributed by atoms with E-state index in [4.69, 9.17) is 4.74 Å². The maximum absolute atomic E-state index is 14.4. The number of para-hydroxylation sites is 1. The van der Waals surface area contributed by atoms with Crippen LogP contribution in [0.5, 0.6) is 0 Å². The van der Waals surface area contributed by atoms with Gasteiger partial charge in [-0.25, -0.2) is 0 Å². The van der Waals surface area contributed by atoms with Crippen molar-refractivity contribution in [3.63, 3.8) is 0 Å². The molecule has 6 atom stereocenters. The molecule has 1 aromatic carbocycles. The average Bonchev–Trinajstić information content (AvgIpc) is 3.53. The van der Waals surface area contributed by atoms with E-state index in [1.54, 1.807) is 28.9 Å². The molecule has 3 aliphatic heterocycles. The molecule has 0 aliphatic carbocycles. The summed E-state index contributed by atoms with van der Waals surface area (Å²) in [5.41, 5.74) is -1.27. The standard InChI is InChI=1S/C30H41N3O5/c1-7-17-31(20(4)5)28(37)25-30-16-15-29(9-3,38-30)23(24(30)27(36)33(25)21(6)19-34)26(35)32(18-8-2)22-13-11-10-12-14-22/h7-8,10-14,20-21,23-25,34H,1-2,9,15-19H2,3-6H3/t21-,23-,24+,25?,29+,30?/m1/s1. The smallest absolute Gasteiger partial charge is 0.248 e. The van der Waals surface area contributed by atoms with Gasteiger partial charge in [-0.3, -0.25) is 14.4 Å². The normalized spacial score (nSPS) is 30.3. The Balaban J connectivity index is 1.85. The molecule has 8 heteroatoms. The number of hydrogen-bond acceptors (Lipinski definition) is 5. The molecule has 0 saturated carbocycles. The van der Waals surface area contributed by atoms with E-state index in [9.17, 15) is 19.5 Å². The van der Waals surface area contributed by atoms with Crippen molar-refractivity contribution < 1.29 is 24.2 Å². The van der Waals surface area contributed by atoms with Crippen LogP contribution in [-0.4, -0.2) is 81.7 Å². The zero-order valence-electron chi connectivity index (χ0n) is 23.0. The third-order valence-electron chi connectivity index (χ3n) is 8.74. The van der Waals surface area contributed by atoms with Crippen molar-refractivity contribution in [3.05, 3.63) is 55.6 Å². The van der Waals surface area contributed by atoms with Crippen LogP contribution in [0, 0.1) is 11.8 Å². The molecule has 38 heavy (non-hydrogen) atoms. The predicted octanol–water partition coefficient (Wildman–Crippen LogP) is 3.16. The molecule has 0 radical (unpaired) electrons. The molecule has 3 saturated heterocycles. The number of amides is 3. The molecule has 3 fully saturated rings. The van der Waals surface area contributed by atoms with E-state index in [-0.39, 0.29) is 36.9 Å². The second kappa shape index (κ2) is 10.7. The van der Waals surface area contributed by atoms with Gasteiger partial charge in [0, 0.05) is 24.8 Å². The maximum Gasteiger partial charge on any atom is 0.248 e. The predicted molar refractivity (Wildman–Crippen MR) is 146 cm³/mol. The van der Waals surface area contributed by atoms with Crippen LogP contribution in [0.15, 0.2) is 55.6 Å². The number of rotatable bonds is 11. The van der Waals surface area contributed by atoms with E-state index in [0.717, 1.165) is 5.69 Å². The molecule has 0 aromatic heterocycles. The van der Waals surface area contributed by atoms with Crippen molar-refractivity contribution in [2.75, 3.05) is 24.6 Å². The Morgan fingerprint density at radius 1 is 1.13 bits per heavy atom. The van der Waals surface area contributed by atoms with Crippen molar-refractivity contribution in [3.8, 4) is 0 Å². The highest BCUT2D eigenvalue weighted by molar-refractivity contribution is 6.03. The van der Waals surface area contributed by atoms with Crippen LogP contribution in [0.3, 0.4) is 0 Å². The number of aliphatic hydroxyl groups excluding tert-OH is 1. The molecule has 1 spiro atoms. The van der Waals surface area contributed by atoms with Crippen LogP contribution >= 0.6 is 0 Å². The van der Waals surface area contributed by atoms with Gasteiger partial charge in [-0.1, -0.05) is 37.3 Å². The summed E-state index contributed by atoms with van der Waals surface area (Å²) in [5, 5.41) is 10.1. The van der Waals surface area contributed by atoms with Crippen LogP contribution in [0.25, 0.3) is 0 Å². The Morgan fingerprint density at radius 2 is 1.79 bits per heavy atom. The summed E-state index contributed by atoms with van der Waals surface area (Å²) in [6.07, 6.45) is 4.96. The Kier molecular flexibility index (Phi) is 7.86. The number of ether oxygens (including phenoxy) is 1. The zero-order valence-corrected chi connectivity index (χ0v) is 23.0. The number of carbonyl (C=O) groups is 3. The number of aliphatic hydroxyl groups is 1. The van der Waals surface area contributed by atoms with Crippen molar-refractivity contribution in [1.82, 2.24) is 9.80 Å². The topological polar surface area (TPSA) is 90.4 Å². The zero-order chi connectivity index (χ0) is 27.8. The number of nitrogens with zero attached hydrogens (tertiary/aromatic N) is 3. The van der Waals surface area contributed by atoms with Crippen LogP contribution in [0.1, 0.15) is 47.0 Å². The average molecular weight is 524 g/mol. The van der Waals surface area contributed by atoms with Crippen LogP contribution in [0.4, 0.5) is 5.69 Å². The van der Waals surface area contributed by atoms with E-state index < -0.39 is 35.1 Å². The number of fused-ring (bicyclic) bond motifs is 1. The second-order valence-corrected chi connectivity index (χ2v) is 11.1. The second-order valence-electron chi connectivity index (χ2n) is 11.1. The number of carbonyl (C=O) groups excluding carboxylic acids is 3. The first kappa shape index (κ1) is 28.0. The Bertz CT molecular complexity index is 1090. The molecule has 1 aromatic rings. The molecule has 4 rings (SSSR count). The van der Waals surface area contributed by atoms with Gasteiger partial charge in [0.05, 0.1) is 30.1 Å². The van der Waals surface area contributed by atoms with Crippen molar-refractivity contribution in [1.29, 1.82) is 0 Å². The molecular formula is C30H41N3O5. The summed E-state index contributed by atoms with van der Waals surface area (Å²) in [6, 6.07) is 7.68. The highest BCUT2D eigenvalue weighted by Crippen LogP contribution is 2.65. The van der Waals surface area contributed by atoms with E-state index >= 15 is 0 Å². The molecule has 1 N–H and O–H groups in total. The van der Waals surface area contributed by atoms with Gasteiger partial charge in [0.25, 0.3) is 0 Å². The summed E-state index contributed by atoms with van der Waals surface area (Å²) in [5.74, 6) is -2.31. The van der Waals surface area contributed by atoms with Gasteiger partial charge in [-0.05, 0) is 52.2 Å². The summed E-state index contributed by atoms with van der Waals surface area (Å²) in [7, 11) is 0. The largest absolute Gasteiger partial charge is 0.394 e. The lowest BCUT2D eigenvalue weighted by Crippen LogP contribution is -2.59. The fourth-order valence-corrected chi connectivity index (χ4v) is 6.95. The lowest BCUT2D eigenvalue weighted by molar-refractivity contribution is -0.156. The molecule has 8 nitrogen and oxygen atoms in total. The first-order valence-corrected chi connectivity index (χ1v) is 13.7. The molecule has 206 valence electrons. The molecule has 3 amide bonds. The van der Waals surface area contributed by atoms with Gasteiger partial charge < -0.3 is 24.5 Å². The maximum atomic E-state index is 14.4. The van der Waals surface area contributed by atoms with Gasteiger partial charge in [-0.2, -0.15) is 0 Å². The van der Waals surface area contributed by atoms with Gasteiger partial charge in [-0.15, -0.1) is 13.2 Å². The molecule has 3 heterocycles. The van der Waals surface area contributed by atoms with E-state index in [1.165, 1.54) is 4.90 Å². The van der Waals surface area contributed by atoms with Gasteiger partial charge in [0.15, 0.2) is 0 Å². The van der Waals surface area contributed by atoms with E-state index in [0.29, 0.717) is 25.8 Å². The third kappa shape index (κ3) is 4.09.